The molecule has 0 radical (unpaired) electrons. The third-order valence-corrected chi connectivity index (χ3v) is 3.27. The highest BCUT2D eigenvalue weighted by molar-refractivity contribution is 9.10. The quantitative estimate of drug-likeness (QED) is 0.890. The third-order valence-electron chi connectivity index (χ3n) is 2.66. The van der Waals surface area contributed by atoms with Gasteiger partial charge in [0.2, 0.25) is 0 Å². The van der Waals surface area contributed by atoms with Crippen LogP contribution >= 0.6 is 15.9 Å². The van der Waals surface area contributed by atoms with Gasteiger partial charge in [0.1, 0.15) is 11.6 Å². The lowest BCUT2D eigenvalue weighted by atomic mass is 10.1. The normalized spacial score (nSPS) is 10.4. The van der Waals surface area contributed by atoms with Crippen LogP contribution in [0.1, 0.15) is 11.1 Å². The Bertz CT molecular complexity index is 572. The van der Waals surface area contributed by atoms with Gasteiger partial charge in [0.05, 0.1) is 4.47 Å². The highest BCUT2D eigenvalue weighted by atomic mass is 79.9. The van der Waals surface area contributed by atoms with Gasteiger partial charge in [-0.2, -0.15) is 0 Å². The Hall–Kier alpha value is -1.55. The molecule has 4 heteroatoms. The molecule has 0 aliphatic heterocycles. The maximum Gasteiger partial charge on any atom is 0.139 e. The van der Waals surface area contributed by atoms with E-state index >= 15 is 0 Å². The van der Waals surface area contributed by atoms with Crippen LogP contribution in [0.3, 0.4) is 0 Å². The van der Waals surface area contributed by atoms with Crippen LogP contribution < -0.4 is 5.32 Å². The average Bonchev–Trinajstić information content (AvgIpc) is 2.32. The van der Waals surface area contributed by atoms with E-state index in [0.29, 0.717) is 11.0 Å². The molecule has 0 amide bonds. The number of halogens is 2. The molecule has 94 valence electrons. The van der Waals surface area contributed by atoms with Crippen LogP contribution in [-0.4, -0.2) is 5.11 Å². The molecule has 2 aromatic rings. The molecule has 2 nitrogen and oxygen atoms in total. The SMILES string of the molecule is Cc1cc(Br)c(F)cc1NCc1cccc(O)c1. The number of aryl methyl sites for hydroxylation is 1. The first-order valence-corrected chi connectivity index (χ1v) is 6.33. The highest BCUT2D eigenvalue weighted by Crippen LogP contribution is 2.24. The number of benzene rings is 2. The summed E-state index contributed by atoms with van der Waals surface area (Å²) in [5, 5.41) is 12.5. The summed E-state index contributed by atoms with van der Waals surface area (Å²) in [6, 6.07) is 10.2. The molecule has 0 bridgehead atoms. The second-order valence-electron chi connectivity index (χ2n) is 4.10. The Kier molecular flexibility index (Phi) is 3.87. The zero-order valence-corrected chi connectivity index (χ0v) is 11.5. The fourth-order valence-corrected chi connectivity index (χ4v) is 2.16. The molecular formula is C14H13BrFNO. The van der Waals surface area contributed by atoms with E-state index in [0.717, 1.165) is 16.8 Å². The van der Waals surface area contributed by atoms with Crippen LogP contribution in [0.5, 0.6) is 5.75 Å². The van der Waals surface area contributed by atoms with Crippen LogP contribution in [0.25, 0.3) is 0 Å². The van der Waals surface area contributed by atoms with Crippen molar-refractivity contribution in [2.75, 3.05) is 5.32 Å². The largest absolute Gasteiger partial charge is 0.508 e. The lowest BCUT2D eigenvalue weighted by Gasteiger charge is -2.11. The van der Waals surface area contributed by atoms with Gasteiger partial charge in [0.25, 0.3) is 0 Å². The number of phenolic OH excluding ortho intramolecular Hbond substituents is 1. The van der Waals surface area contributed by atoms with Crippen LogP contribution in [-0.2, 0) is 6.54 Å². The molecule has 0 aliphatic rings. The minimum Gasteiger partial charge on any atom is -0.508 e. The summed E-state index contributed by atoms with van der Waals surface area (Å²) in [7, 11) is 0. The zero-order chi connectivity index (χ0) is 13.1. The van der Waals surface area contributed by atoms with Crippen molar-refractivity contribution in [3.63, 3.8) is 0 Å². The van der Waals surface area contributed by atoms with E-state index in [9.17, 15) is 9.50 Å². The Balaban J connectivity index is 2.13. The predicted molar refractivity (Wildman–Crippen MR) is 74.3 cm³/mol. The second-order valence-corrected chi connectivity index (χ2v) is 4.96. The van der Waals surface area contributed by atoms with Gasteiger partial charge in [-0.25, -0.2) is 4.39 Å². The standard InChI is InChI=1S/C14H13BrFNO/c1-9-5-12(15)13(16)7-14(9)17-8-10-3-2-4-11(18)6-10/h2-7,17-18H,8H2,1H3. The lowest BCUT2D eigenvalue weighted by molar-refractivity contribution is 0.474. The number of phenols is 1. The number of hydrogen-bond donors (Lipinski definition) is 2. The Morgan fingerprint density at radius 3 is 2.78 bits per heavy atom. The molecule has 0 aromatic heterocycles. The van der Waals surface area contributed by atoms with E-state index in [2.05, 4.69) is 21.2 Å². The summed E-state index contributed by atoms with van der Waals surface area (Å²) >= 11 is 3.15. The summed E-state index contributed by atoms with van der Waals surface area (Å²) in [6.07, 6.45) is 0. The van der Waals surface area contributed by atoms with E-state index in [-0.39, 0.29) is 11.6 Å². The van der Waals surface area contributed by atoms with Gasteiger partial charge >= 0.3 is 0 Å². The third kappa shape index (κ3) is 3.01. The van der Waals surface area contributed by atoms with Gasteiger partial charge in [0.15, 0.2) is 0 Å². The molecule has 0 atom stereocenters. The molecule has 0 saturated carbocycles. The first kappa shape index (κ1) is 12.9. The van der Waals surface area contributed by atoms with Crippen molar-refractivity contribution < 1.29 is 9.50 Å². The van der Waals surface area contributed by atoms with Crippen molar-refractivity contribution in [3.8, 4) is 5.75 Å². The number of aromatic hydroxyl groups is 1. The van der Waals surface area contributed by atoms with Crippen LogP contribution in [0.2, 0.25) is 0 Å². The summed E-state index contributed by atoms with van der Waals surface area (Å²) in [5.41, 5.74) is 2.65. The van der Waals surface area contributed by atoms with Gasteiger partial charge in [0, 0.05) is 12.2 Å². The van der Waals surface area contributed by atoms with Crippen LogP contribution in [0, 0.1) is 12.7 Å². The summed E-state index contributed by atoms with van der Waals surface area (Å²) in [5.74, 6) is -0.0629. The minimum atomic E-state index is -0.293. The van der Waals surface area contributed by atoms with E-state index in [4.69, 9.17) is 0 Å². The van der Waals surface area contributed by atoms with Gasteiger partial charge in [-0.1, -0.05) is 12.1 Å². The fourth-order valence-electron chi connectivity index (χ4n) is 1.70. The average molecular weight is 310 g/mol. The molecule has 2 rings (SSSR count). The molecule has 0 aliphatic carbocycles. The zero-order valence-electron chi connectivity index (χ0n) is 9.87. The van der Waals surface area contributed by atoms with Crippen LogP contribution in [0.15, 0.2) is 40.9 Å². The molecular weight excluding hydrogens is 297 g/mol. The summed E-state index contributed by atoms with van der Waals surface area (Å²) in [6.45, 7) is 2.45. The first-order chi connectivity index (χ1) is 8.56. The van der Waals surface area contributed by atoms with E-state index in [1.807, 2.05) is 13.0 Å². The number of nitrogens with one attached hydrogen (secondary N) is 1. The highest BCUT2D eigenvalue weighted by Gasteiger charge is 2.05. The number of hydrogen-bond acceptors (Lipinski definition) is 2. The Labute approximate surface area is 114 Å². The maximum absolute atomic E-state index is 13.4. The lowest BCUT2D eigenvalue weighted by Crippen LogP contribution is -2.01. The Morgan fingerprint density at radius 2 is 2.06 bits per heavy atom. The molecule has 18 heavy (non-hydrogen) atoms. The Morgan fingerprint density at radius 1 is 1.28 bits per heavy atom. The molecule has 0 saturated heterocycles. The summed E-state index contributed by atoms with van der Waals surface area (Å²) in [4.78, 5) is 0. The van der Waals surface area contributed by atoms with Crippen molar-refractivity contribution in [2.45, 2.75) is 13.5 Å². The molecule has 0 unspecified atom stereocenters. The topological polar surface area (TPSA) is 32.3 Å². The number of anilines is 1. The number of rotatable bonds is 3. The van der Waals surface area contributed by atoms with Crippen molar-refractivity contribution in [1.29, 1.82) is 0 Å². The molecule has 0 fully saturated rings. The maximum atomic E-state index is 13.4. The second kappa shape index (κ2) is 5.40. The van der Waals surface area contributed by atoms with E-state index in [1.54, 1.807) is 24.3 Å². The van der Waals surface area contributed by atoms with E-state index < -0.39 is 0 Å². The monoisotopic (exact) mass is 309 g/mol. The molecule has 2 aromatic carbocycles. The fraction of sp³-hybridized carbons (Fsp3) is 0.143. The first-order valence-electron chi connectivity index (χ1n) is 5.53. The van der Waals surface area contributed by atoms with Crippen molar-refractivity contribution in [2.24, 2.45) is 0 Å². The minimum absolute atomic E-state index is 0.230. The van der Waals surface area contributed by atoms with Crippen molar-refractivity contribution >= 4 is 21.6 Å². The molecule has 0 spiro atoms. The van der Waals surface area contributed by atoms with E-state index in [1.165, 1.54) is 6.07 Å². The van der Waals surface area contributed by atoms with Gasteiger partial charge in [-0.15, -0.1) is 0 Å². The van der Waals surface area contributed by atoms with Gasteiger partial charge in [-0.05, 0) is 58.2 Å². The van der Waals surface area contributed by atoms with Crippen molar-refractivity contribution in [1.82, 2.24) is 0 Å². The van der Waals surface area contributed by atoms with Gasteiger partial charge in [-0.3, -0.25) is 0 Å². The van der Waals surface area contributed by atoms with Crippen molar-refractivity contribution in [3.05, 3.63) is 57.8 Å². The molecule has 0 heterocycles. The smallest absolute Gasteiger partial charge is 0.139 e. The van der Waals surface area contributed by atoms with Crippen LogP contribution in [0.4, 0.5) is 10.1 Å². The summed E-state index contributed by atoms with van der Waals surface area (Å²) < 4.78 is 13.9. The predicted octanol–water partition coefficient (Wildman–Crippen LogP) is 4.21. The molecule has 2 N–H and O–H groups in total. The van der Waals surface area contributed by atoms with Gasteiger partial charge < -0.3 is 10.4 Å².